The van der Waals surface area contributed by atoms with Gasteiger partial charge >= 0.3 is 0 Å². The van der Waals surface area contributed by atoms with Crippen LogP contribution in [-0.4, -0.2) is 56.6 Å². The molecule has 1 saturated heterocycles. The third-order valence-corrected chi connectivity index (χ3v) is 5.88. The standard InChI is InChI=1S/C23H25N7O/c1-16(26-22-7-9-24-21-8-10-25-30(21)22)19-15-18-5-3-4-6-20(18)27-23(19)29-13-11-28(12-14-29)17(2)31/h3-10,15-16,26H,11-14H2,1-2H3. The van der Waals surface area contributed by atoms with E-state index in [1.54, 1.807) is 23.8 Å². The Morgan fingerprint density at radius 2 is 1.87 bits per heavy atom. The van der Waals surface area contributed by atoms with Gasteiger partial charge in [0.05, 0.1) is 17.8 Å². The summed E-state index contributed by atoms with van der Waals surface area (Å²) in [4.78, 5) is 25.3. The SMILES string of the molecule is CC(=O)N1CCN(c2nc3ccccc3cc2C(C)Nc2ccnc3ccnn23)CC1. The van der Waals surface area contributed by atoms with E-state index in [-0.39, 0.29) is 11.9 Å². The Balaban J connectivity index is 1.51. The van der Waals surface area contributed by atoms with Crippen LogP contribution in [0.25, 0.3) is 16.6 Å². The average Bonchev–Trinajstić information content (AvgIpc) is 3.28. The fourth-order valence-corrected chi connectivity index (χ4v) is 4.17. The number of amides is 1. The summed E-state index contributed by atoms with van der Waals surface area (Å²) < 4.78 is 1.80. The number of carbonyl (C=O) groups is 1. The Hall–Kier alpha value is -3.68. The number of rotatable bonds is 4. The van der Waals surface area contributed by atoms with Crippen molar-refractivity contribution >= 4 is 34.1 Å². The van der Waals surface area contributed by atoms with E-state index in [4.69, 9.17) is 4.98 Å². The van der Waals surface area contributed by atoms with E-state index in [0.29, 0.717) is 13.1 Å². The van der Waals surface area contributed by atoms with E-state index in [2.05, 4.69) is 39.4 Å². The number of pyridine rings is 1. The molecule has 1 amide bonds. The zero-order valence-corrected chi connectivity index (χ0v) is 17.7. The van der Waals surface area contributed by atoms with Crippen molar-refractivity contribution in [1.29, 1.82) is 0 Å². The number of hydrogen-bond acceptors (Lipinski definition) is 6. The van der Waals surface area contributed by atoms with Crippen molar-refractivity contribution in [3.8, 4) is 0 Å². The van der Waals surface area contributed by atoms with Crippen LogP contribution >= 0.6 is 0 Å². The summed E-state index contributed by atoms with van der Waals surface area (Å²) in [5.74, 6) is 1.97. The predicted molar refractivity (Wildman–Crippen MR) is 121 cm³/mol. The van der Waals surface area contributed by atoms with Crippen molar-refractivity contribution in [1.82, 2.24) is 24.5 Å². The summed E-state index contributed by atoms with van der Waals surface area (Å²) in [6.07, 6.45) is 3.53. The third-order valence-electron chi connectivity index (χ3n) is 5.88. The van der Waals surface area contributed by atoms with Crippen LogP contribution in [0.15, 0.2) is 54.9 Å². The molecule has 0 bridgehead atoms. The number of nitrogens with zero attached hydrogens (tertiary/aromatic N) is 6. The molecule has 0 saturated carbocycles. The van der Waals surface area contributed by atoms with Gasteiger partial charge in [0.1, 0.15) is 11.6 Å². The molecule has 0 spiro atoms. The summed E-state index contributed by atoms with van der Waals surface area (Å²) in [5.41, 5.74) is 2.89. The molecule has 4 aromatic rings. The minimum Gasteiger partial charge on any atom is -0.363 e. The highest BCUT2D eigenvalue weighted by Crippen LogP contribution is 2.31. The van der Waals surface area contributed by atoms with Gasteiger partial charge in [-0.1, -0.05) is 18.2 Å². The highest BCUT2D eigenvalue weighted by atomic mass is 16.2. The van der Waals surface area contributed by atoms with E-state index < -0.39 is 0 Å². The summed E-state index contributed by atoms with van der Waals surface area (Å²) in [7, 11) is 0. The van der Waals surface area contributed by atoms with E-state index >= 15 is 0 Å². The molecule has 0 radical (unpaired) electrons. The topological polar surface area (TPSA) is 78.7 Å². The number of fused-ring (bicyclic) bond motifs is 2. The van der Waals surface area contributed by atoms with Crippen LogP contribution in [0.5, 0.6) is 0 Å². The lowest BCUT2D eigenvalue weighted by molar-refractivity contribution is -0.129. The predicted octanol–water partition coefficient (Wildman–Crippen LogP) is 3.12. The van der Waals surface area contributed by atoms with Crippen LogP contribution in [0.3, 0.4) is 0 Å². The van der Waals surface area contributed by atoms with Crippen molar-refractivity contribution in [2.24, 2.45) is 0 Å². The molecular weight excluding hydrogens is 390 g/mol. The molecule has 8 nitrogen and oxygen atoms in total. The lowest BCUT2D eigenvalue weighted by Crippen LogP contribution is -2.48. The second-order valence-electron chi connectivity index (χ2n) is 7.88. The van der Waals surface area contributed by atoms with Crippen molar-refractivity contribution < 1.29 is 4.79 Å². The molecule has 158 valence electrons. The number of aromatic nitrogens is 4. The number of benzene rings is 1. The molecular formula is C23H25N7O. The number of piperazine rings is 1. The van der Waals surface area contributed by atoms with Gasteiger partial charge in [-0.05, 0) is 25.1 Å². The lowest BCUT2D eigenvalue weighted by Gasteiger charge is -2.36. The van der Waals surface area contributed by atoms with Crippen LogP contribution in [0.2, 0.25) is 0 Å². The normalized spacial score (nSPS) is 15.4. The zero-order valence-electron chi connectivity index (χ0n) is 17.7. The Morgan fingerprint density at radius 1 is 1.06 bits per heavy atom. The Bertz CT molecular complexity index is 1240. The first-order chi connectivity index (χ1) is 15.1. The molecule has 1 atom stereocenters. The monoisotopic (exact) mass is 415 g/mol. The van der Waals surface area contributed by atoms with E-state index in [1.807, 2.05) is 35.2 Å². The van der Waals surface area contributed by atoms with Gasteiger partial charge in [0.2, 0.25) is 5.91 Å². The molecule has 0 aliphatic carbocycles. The lowest BCUT2D eigenvalue weighted by atomic mass is 10.0. The molecule has 1 aliphatic heterocycles. The summed E-state index contributed by atoms with van der Waals surface area (Å²) >= 11 is 0. The maximum atomic E-state index is 11.7. The van der Waals surface area contributed by atoms with Gasteiger partial charge in [0, 0.05) is 56.3 Å². The summed E-state index contributed by atoms with van der Waals surface area (Å²) in [6, 6.07) is 14.2. The molecule has 1 aromatic carbocycles. The van der Waals surface area contributed by atoms with Gasteiger partial charge in [-0.2, -0.15) is 9.61 Å². The van der Waals surface area contributed by atoms with Crippen molar-refractivity contribution in [3.63, 3.8) is 0 Å². The minimum absolute atomic E-state index is 0.00672. The molecule has 8 heteroatoms. The number of nitrogens with one attached hydrogen (secondary N) is 1. The molecule has 1 unspecified atom stereocenters. The fourth-order valence-electron chi connectivity index (χ4n) is 4.17. The summed E-state index contributed by atoms with van der Waals surface area (Å²) in [6.45, 7) is 6.72. The second kappa shape index (κ2) is 7.86. The van der Waals surface area contributed by atoms with Crippen molar-refractivity contribution in [2.45, 2.75) is 19.9 Å². The Labute approximate surface area is 180 Å². The fraction of sp³-hybridized carbons (Fsp3) is 0.304. The number of hydrogen-bond donors (Lipinski definition) is 1. The quantitative estimate of drug-likeness (QED) is 0.552. The van der Waals surface area contributed by atoms with Crippen LogP contribution in [0.4, 0.5) is 11.6 Å². The molecule has 5 rings (SSSR count). The van der Waals surface area contributed by atoms with E-state index in [1.165, 1.54) is 0 Å². The van der Waals surface area contributed by atoms with Gasteiger partial charge in [-0.25, -0.2) is 9.97 Å². The highest BCUT2D eigenvalue weighted by molar-refractivity contribution is 5.82. The average molecular weight is 416 g/mol. The number of carbonyl (C=O) groups excluding carboxylic acids is 1. The first-order valence-electron chi connectivity index (χ1n) is 10.6. The van der Waals surface area contributed by atoms with Gasteiger partial charge in [-0.3, -0.25) is 4.79 Å². The van der Waals surface area contributed by atoms with Gasteiger partial charge < -0.3 is 15.1 Å². The van der Waals surface area contributed by atoms with Crippen molar-refractivity contribution in [2.75, 3.05) is 36.4 Å². The van der Waals surface area contributed by atoms with E-state index in [0.717, 1.165) is 46.8 Å². The second-order valence-corrected chi connectivity index (χ2v) is 7.88. The minimum atomic E-state index is -0.00672. The Morgan fingerprint density at radius 3 is 2.68 bits per heavy atom. The van der Waals surface area contributed by atoms with Crippen LogP contribution < -0.4 is 10.2 Å². The molecule has 3 aromatic heterocycles. The van der Waals surface area contributed by atoms with Crippen LogP contribution in [0.1, 0.15) is 25.5 Å². The van der Waals surface area contributed by atoms with Crippen LogP contribution in [-0.2, 0) is 4.79 Å². The zero-order chi connectivity index (χ0) is 21.4. The smallest absolute Gasteiger partial charge is 0.219 e. The van der Waals surface area contributed by atoms with Crippen molar-refractivity contribution in [3.05, 3.63) is 60.4 Å². The van der Waals surface area contributed by atoms with E-state index in [9.17, 15) is 4.79 Å². The Kier molecular flexibility index (Phi) is 4.89. The van der Waals surface area contributed by atoms with Crippen LogP contribution in [0, 0.1) is 0 Å². The van der Waals surface area contributed by atoms with Gasteiger partial charge in [0.25, 0.3) is 0 Å². The maximum Gasteiger partial charge on any atom is 0.219 e. The van der Waals surface area contributed by atoms with Gasteiger partial charge in [-0.15, -0.1) is 0 Å². The number of para-hydroxylation sites is 1. The molecule has 1 fully saturated rings. The molecule has 1 N–H and O–H groups in total. The number of anilines is 2. The largest absolute Gasteiger partial charge is 0.363 e. The summed E-state index contributed by atoms with van der Waals surface area (Å²) in [5, 5.41) is 9.08. The molecule has 1 aliphatic rings. The third kappa shape index (κ3) is 3.65. The molecule has 31 heavy (non-hydrogen) atoms. The maximum absolute atomic E-state index is 11.7. The van der Waals surface area contributed by atoms with Gasteiger partial charge in [0.15, 0.2) is 5.65 Å². The first-order valence-corrected chi connectivity index (χ1v) is 10.6. The molecule has 4 heterocycles. The first kappa shape index (κ1) is 19.3. The highest BCUT2D eigenvalue weighted by Gasteiger charge is 2.24.